The molecule has 3 rings (SSSR count). The second kappa shape index (κ2) is 4.00. The van der Waals surface area contributed by atoms with E-state index in [1.54, 1.807) is 6.92 Å². The van der Waals surface area contributed by atoms with Crippen LogP contribution in [0, 0.1) is 6.92 Å². The van der Waals surface area contributed by atoms with E-state index < -0.39 is 0 Å². The molecular formula is C12H16N4O. The lowest BCUT2D eigenvalue weighted by Crippen LogP contribution is -2.18. The van der Waals surface area contributed by atoms with Crippen LogP contribution in [0.3, 0.4) is 0 Å². The van der Waals surface area contributed by atoms with Crippen LogP contribution in [-0.4, -0.2) is 14.7 Å². The van der Waals surface area contributed by atoms with Crippen LogP contribution < -0.4 is 5.73 Å². The molecule has 1 unspecified atom stereocenters. The van der Waals surface area contributed by atoms with Crippen molar-refractivity contribution in [3.05, 3.63) is 35.2 Å². The number of aryl methyl sites for hydroxylation is 1. The van der Waals surface area contributed by atoms with Gasteiger partial charge in [-0.05, 0) is 30.9 Å². The maximum absolute atomic E-state index is 6.09. The first-order chi connectivity index (χ1) is 8.24. The lowest BCUT2D eigenvalue weighted by molar-refractivity contribution is 0.385. The highest BCUT2D eigenvalue weighted by atomic mass is 16.5. The average molecular weight is 232 g/mol. The van der Waals surface area contributed by atoms with Crippen LogP contribution >= 0.6 is 0 Å². The molecule has 2 aromatic rings. The molecule has 1 aliphatic carbocycles. The molecule has 0 spiro atoms. The molecule has 2 aromatic heterocycles. The average Bonchev–Trinajstić information content (AvgIpc) is 2.88. The van der Waals surface area contributed by atoms with Gasteiger partial charge in [0.15, 0.2) is 5.82 Å². The van der Waals surface area contributed by atoms with Gasteiger partial charge in [0.25, 0.3) is 0 Å². The van der Waals surface area contributed by atoms with Crippen molar-refractivity contribution >= 4 is 0 Å². The number of nitrogens with two attached hydrogens (primary N) is 1. The number of rotatable bonds is 2. The number of hydrogen-bond donors (Lipinski definition) is 1. The summed E-state index contributed by atoms with van der Waals surface area (Å²) in [6, 6.07) is 2.30. The summed E-state index contributed by atoms with van der Waals surface area (Å²) in [5.74, 6) is 1.33. The van der Waals surface area contributed by atoms with Crippen LogP contribution in [-0.2, 0) is 13.0 Å². The summed E-state index contributed by atoms with van der Waals surface area (Å²) in [7, 11) is 0. The second-order valence-electron chi connectivity index (χ2n) is 4.57. The van der Waals surface area contributed by atoms with E-state index in [0.29, 0.717) is 12.4 Å². The van der Waals surface area contributed by atoms with Crippen LogP contribution in [0.15, 0.2) is 16.8 Å². The third-order valence-corrected chi connectivity index (χ3v) is 3.32. The highest BCUT2D eigenvalue weighted by Crippen LogP contribution is 2.28. The minimum atomic E-state index is 0.187. The van der Waals surface area contributed by atoms with Gasteiger partial charge in [0.2, 0.25) is 5.89 Å². The summed E-state index contributed by atoms with van der Waals surface area (Å²) in [6.45, 7) is 2.47. The topological polar surface area (TPSA) is 69.9 Å². The predicted molar refractivity (Wildman–Crippen MR) is 62.4 cm³/mol. The predicted octanol–water partition coefficient (Wildman–Crippen LogP) is 1.56. The molecule has 5 heteroatoms. The number of fused-ring (bicyclic) bond motifs is 1. The Morgan fingerprint density at radius 3 is 3.24 bits per heavy atom. The molecular weight excluding hydrogens is 216 g/mol. The summed E-state index contributed by atoms with van der Waals surface area (Å²) in [6.07, 6.45) is 5.40. The molecule has 0 aromatic carbocycles. The molecule has 0 saturated carbocycles. The Bertz CT molecular complexity index is 528. The molecule has 0 amide bonds. The van der Waals surface area contributed by atoms with Gasteiger partial charge in [-0.2, -0.15) is 4.98 Å². The summed E-state index contributed by atoms with van der Waals surface area (Å²) in [5, 5.41) is 3.92. The quantitative estimate of drug-likeness (QED) is 0.853. The fraction of sp³-hybridized carbons (Fsp3) is 0.500. The first-order valence-electron chi connectivity index (χ1n) is 5.96. The molecule has 0 radical (unpaired) electrons. The fourth-order valence-corrected chi connectivity index (χ4v) is 2.50. The Hall–Kier alpha value is -1.62. The monoisotopic (exact) mass is 232 g/mol. The first kappa shape index (κ1) is 10.5. The molecule has 2 N–H and O–H groups in total. The van der Waals surface area contributed by atoms with Crippen LogP contribution in [0.5, 0.6) is 0 Å². The van der Waals surface area contributed by atoms with Crippen molar-refractivity contribution in [2.45, 2.75) is 38.8 Å². The maximum atomic E-state index is 6.09. The van der Waals surface area contributed by atoms with E-state index >= 15 is 0 Å². The summed E-state index contributed by atoms with van der Waals surface area (Å²) >= 11 is 0. The van der Waals surface area contributed by atoms with Crippen LogP contribution in [0.25, 0.3) is 0 Å². The molecule has 0 fully saturated rings. The Morgan fingerprint density at radius 2 is 2.47 bits per heavy atom. The number of aromatic nitrogens is 3. The van der Waals surface area contributed by atoms with Crippen molar-refractivity contribution in [2.75, 3.05) is 0 Å². The Balaban J connectivity index is 1.89. The fourth-order valence-electron chi connectivity index (χ4n) is 2.50. The van der Waals surface area contributed by atoms with Gasteiger partial charge >= 0.3 is 0 Å². The van der Waals surface area contributed by atoms with E-state index in [4.69, 9.17) is 10.3 Å². The van der Waals surface area contributed by atoms with Gasteiger partial charge in [-0.1, -0.05) is 5.16 Å². The number of nitrogens with zero attached hydrogens (tertiary/aromatic N) is 3. The molecule has 1 atom stereocenters. The van der Waals surface area contributed by atoms with Gasteiger partial charge in [-0.3, -0.25) is 0 Å². The van der Waals surface area contributed by atoms with E-state index in [0.717, 1.165) is 25.1 Å². The highest BCUT2D eigenvalue weighted by molar-refractivity contribution is 5.28. The SMILES string of the molecule is Cc1nc(Cn2ccc3c2CCCC3N)no1. The smallest absolute Gasteiger partial charge is 0.223 e. The maximum Gasteiger partial charge on any atom is 0.223 e. The second-order valence-corrected chi connectivity index (χ2v) is 4.57. The highest BCUT2D eigenvalue weighted by Gasteiger charge is 2.20. The van der Waals surface area contributed by atoms with Gasteiger partial charge in [-0.25, -0.2) is 0 Å². The molecule has 90 valence electrons. The standard InChI is InChI=1S/C12H16N4O/c1-8-14-12(15-17-8)7-16-6-5-9-10(13)3-2-4-11(9)16/h5-6,10H,2-4,7,13H2,1H3. The molecule has 17 heavy (non-hydrogen) atoms. The van der Waals surface area contributed by atoms with Crippen molar-refractivity contribution in [1.29, 1.82) is 0 Å². The van der Waals surface area contributed by atoms with Gasteiger partial charge in [0.05, 0.1) is 6.54 Å². The molecule has 0 aliphatic heterocycles. The van der Waals surface area contributed by atoms with Crippen molar-refractivity contribution in [3.63, 3.8) is 0 Å². The van der Waals surface area contributed by atoms with Crippen LogP contribution in [0.2, 0.25) is 0 Å². The third kappa shape index (κ3) is 1.86. The van der Waals surface area contributed by atoms with E-state index in [1.807, 2.05) is 0 Å². The largest absolute Gasteiger partial charge is 0.343 e. The van der Waals surface area contributed by atoms with Crippen LogP contribution in [0.1, 0.15) is 41.9 Å². The van der Waals surface area contributed by atoms with Crippen LogP contribution in [0.4, 0.5) is 0 Å². The minimum Gasteiger partial charge on any atom is -0.343 e. The lowest BCUT2D eigenvalue weighted by Gasteiger charge is -2.20. The van der Waals surface area contributed by atoms with Crippen molar-refractivity contribution in [2.24, 2.45) is 5.73 Å². The van der Waals surface area contributed by atoms with E-state index in [9.17, 15) is 0 Å². The lowest BCUT2D eigenvalue weighted by atomic mass is 9.94. The van der Waals surface area contributed by atoms with Gasteiger partial charge in [-0.15, -0.1) is 0 Å². The number of hydrogen-bond acceptors (Lipinski definition) is 4. The summed E-state index contributed by atoms with van der Waals surface area (Å²) in [4.78, 5) is 4.22. The van der Waals surface area contributed by atoms with E-state index in [2.05, 4.69) is 27.0 Å². The van der Waals surface area contributed by atoms with Crippen molar-refractivity contribution < 1.29 is 4.52 Å². The normalized spacial score (nSPS) is 19.3. The van der Waals surface area contributed by atoms with Gasteiger partial charge in [0.1, 0.15) is 0 Å². The molecule has 0 saturated heterocycles. The molecule has 1 aliphatic rings. The Kier molecular flexibility index (Phi) is 2.48. The minimum absolute atomic E-state index is 0.187. The zero-order valence-corrected chi connectivity index (χ0v) is 9.89. The zero-order valence-electron chi connectivity index (χ0n) is 9.89. The zero-order chi connectivity index (χ0) is 11.8. The Morgan fingerprint density at radius 1 is 1.59 bits per heavy atom. The Labute approximate surface area is 99.6 Å². The van der Waals surface area contributed by atoms with Crippen molar-refractivity contribution in [3.8, 4) is 0 Å². The van der Waals surface area contributed by atoms with Gasteiger partial charge < -0.3 is 14.8 Å². The van der Waals surface area contributed by atoms with E-state index in [-0.39, 0.29) is 6.04 Å². The van der Waals surface area contributed by atoms with Gasteiger partial charge in [0, 0.05) is 24.9 Å². The summed E-state index contributed by atoms with van der Waals surface area (Å²) in [5.41, 5.74) is 8.69. The molecule has 5 nitrogen and oxygen atoms in total. The molecule has 2 heterocycles. The first-order valence-corrected chi connectivity index (χ1v) is 5.96. The summed E-state index contributed by atoms with van der Waals surface area (Å²) < 4.78 is 7.16. The van der Waals surface area contributed by atoms with E-state index in [1.165, 1.54) is 11.3 Å². The van der Waals surface area contributed by atoms with Crippen molar-refractivity contribution in [1.82, 2.24) is 14.7 Å². The molecule has 0 bridgehead atoms. The third-order valence-electron chi connectivity index (χ3n) is 3.32.